The first-order valence-corrected chi connectivity index (χ1v) is 3.14. The van der Waals surface area contributed by atoms with Gasteiger partial charge in [-0.2, -0.15) is 0 Å². The summed E-state index contributed by atoms with van der Waals surface area (Å²) in [6.45, 7) is 0. The van der Waals surface area contributed by atoms with Crippen molar-refractivity contribution in [2.75, 3.05) is 0 Å². The lowest BCUT2D eigenvalue weighted by Crippen LogP contribution is -2.17. The van der Waals surface area contributed by atoms with E-state index in [2.05, 4.69) is 10.1 Å². The maximum absolute atomic E-state index is 11.2. The molecule has 0 bridgehead atoms. The molecular weight excluding hydrogens is 144 g/mol. The lowest BCUT2D eigenvalue weighted by atomic mass is 10.7. The summed E-state index contributed by atoms with van der Waals surface area (Å²) in [4.78, 5) is 15.0. The number of hydrogen-bond donors (Lipinski definition) is 0. The third-order valence-corrected chi connectivity index (χ3v) is 1.47. The average molecular weight is 150 g/mol. The molecule has 56 valence electrons. The van der Waals surface area contributed by atoms with Crippen molar-refractivity contribution in [1.82, 2.24) is 19.2 Å². The van der Waals surface area contributed by atoms with Gasteiger partial charge in [-0.3, -0.25) is 4.98 Å². The topological polar surface area (TPSA) is 52.2 Å². The first kappa shape index (κ1) is 6.09. The number of aryl methyl sites for hydroxylation is 1. The highest BCUT2D eigenvalue weighted by Crippen LogP contribution is 1.89. The molecule has 0 amide bonds. The maximum Gasteiger partial charge on any atom is 0.350 e. The number of nitrogens with zero attached hydrogens (tertiary/aromatic N) is 4. The van der Waals surface area contributed by atoms with Crippen molar-refractivity contribution in [1.29, 1.82) is 0 Å². The Morgan fingerprint density at radius 3 is 3.09 bits per heavy atom. The van der Waals surface area contributed by atoms with E-state index in [9.17, 15) is 4.79 Å². The zero-order chi connectivity index (χ0) is 7.84. The second kappa shape index (κ2) is 1.91. The smallest absolute Gasteiger partial charge is 0.259 e. The Morgan fingerprint density at radius 1 is 1.55 bits per heavy atom. The van der Waals surface area contributed by atoms with Gasteiger partial charge < -0.3 is 0 Å². The minimum Gasteiger partial charge on any atom is -0.259 e. The van der Waals surface area contributed by atoms with E-state index in [1.807, 2.05) is 0 Å². The lowest BCUT2D eigenvalue weighted by molar-refractivity contribution is 0.733. The highest BCUT2D eigenvalue weighted by Gasteiger charge is 1.99. The fraction of sp³-hybridized carbons (Fsp3) is 0.167. The highest BCUT2D eigenvalue weighted by molar-refractivity contribution is 5.31. The van der Waals surface area contributed by atoms with Crippen molar-refractivity contribution in [2.24, 2.45) is 7.05 Å². The highest BCUT2D eigenvalue weighted by atomic mass is 16.2. The van der Waals surface area contributed by atoms with Gasteiger partial charge in [-0.15, -0.1) is 5.10 Å². The molecule has 2 heterocycles. The second-order valence-corrected chi connectivity index (χ2v) is 2.21. The van der Waals surface area contributed by atoms with Crippen LogP contribution in [-0.2, 0) is 7.05 Å². The third-order valence-electron chi connectivity index (χ3n) is 1.47. The molecule has 0 unspecified atom stereocenters. The molecule has 5 nitrogen and oxygen atoms in total. The Morgan fingerprint density at radius 2 is 2.36 bits per heavy atom. The minimum absolute atomic E-state index is 0.151. The summed E-state index contributed by atoms with van der Waals surface area (Å²) in [6.07, 6.45) is 4.68. The SMILES string of the molecule is Cn1nc2cnccn2c1=O. The van der Waals surface area contributed by atoms with Gasteiger partial charge in [0.05, 0.1) is 6.20 Å². The van der Waals surface area contributed by atoms with Crippen LogP contribution in [0.15, 0.2) is 23.4 Å². The van der Waals surface area contributed by atoms with Crippen molar-refractivity contribution >= 4 is 5.65 Å². The number of rotatable bonds is 0. The van der Waals surface area contributed by atoms with E-state index in [4.69, 9.17) is 0 Å². The summed E-state index contributed by atoms with van der Waals surface area (Å²) in [5, 5.41) is 3.92. The van der Waals surface area contributed by atoms with Gasteiger partial charge in [0.15, 0.2) is 5.65 Å². The van der Waals surface area contributed by atoms with Crippen molar-refractivity contribution < 1.29 is 0 Å². The molecule has 0 aromatic carbocycles. The second-order valence-electron chi connectivity index (χ2n) is 2.21. The monoisotopic (exact) mass is 150 g/mol. The molecule has 0 N–H and O–H groups in total. The molecule has 0 spiro atoms. The van der Waals surface area contributed by atoms with Crippen LogP contribution in [0.1, 0.15) is 0 Å². The van der Waals surface area contributed by atoms with Crippen LogP contribution in [0.2, 0.25) is 0 Å². The molecule has 0 radical (unpaired) electrons. The first-order valence-electron chi connectivity index (χ1n) is 3.14. The number of fused-ring (bicyclic) bond motifs is 1. The molecule has 0 aliphatic carbocycles. The molecular formula is C6H6N4O. The summed E-state index contributed by atoms with van der Waals surface area (Å²) >= 11 is 0. The molecule has 0 atom stereocenters. The van der Waals surface area contributed by atoms with Gasteiger partial charge in [-0.05, 0) is 0 Å². The molecule has 0 saturated carbocycles. The standard InChI is InChI=1S/C6H6N4O/c1-9-6(11)10-3-2-7-4-5(10)8-9/h2-4H,1H3. The van der Waals surface area contributed by atoms with Gasteiger partial charge in [0, 0.05) is 19.4 Å². The zero-order valence-corrected chi connectivity index (χ0v) is 5.93. The molecule has 0 aliphatic heterocycles. The van der Waals surface area contributed by atoms with E-state index < -0.39 is 0 Å². The van der Waals surface area contributed by atoms with Crippen molar-refractivity contribution in [3.05, 3.63) is 29.1 Å². The summed E-state index contributed by atoms with van der Waals surface area (Å²) in [5.74, 6) is 0. The van der Waals surface area contributed by atoms with Crippen LogP contribution >= 0.6 is 0 Å². The lowest BCUT2D eigenvalue weighted by Gasteiger charge is -1.83. The summed E-state index contributed by atoms with van der Waals surface area (Å²) in [7, 11) is 1.61. The predicted octanol–water partition coefficient (Wildman–Crippen LogP) is -0.572. The van der Waals surface area contributed by atoms with E-state index >= 15 is 0 Å². The quantitative estimate of drug-likeness (QED) is 0.505. The molecule has 5 heteroatoms. The van der Waals surface area contributed by atoms with Gasteiger partial charge in [-0.25, -0.2) is 13.9 Å². The molecule has 0 saturated heterocycles. The molecule has 2 aromatic rings. The van der Waals surface area contributed by atoms with Gasteiger partial charge in [0.2, 0.25) is 0 Å². The summed E-state index contributed by atoms with van der Waals surface area (Å²) < 4.78 is 2.71. The van der Waals surface area contributed by atoms with Crippen LogP contribution in [0.4, 0.5) is 0 Å². The Hall–Kier alpha value is -1.65. The molecule has 0 fully saturated rings. The maximum atomic E-state index is 11.2. The summed E-state index contributed by atoms with van der Waals surface area (Å²) in [6, 6.07) is 0. The van der Waals surface area contributed by atoms with Gasteiger partial charge >= 0.3 is 5.69 Å². The molecule has 2 aromatic heterocycles. The number of aromatic nitrogens is 4. The van der Waals surface area contributed by atoms with Crippen LogP contribution in [0.3, 0.4) is 0 Å². The Labute approximate surface area is 61.9 Å². The van der Waals surface area contributed by atoms with Crippen LogP contribution in [0.25, 0.3) is 5.65 Å². The molecule has 11 heavy (non-hydrogen) atoms. The van der Waals surface area contributed by atoms with Crippen LogP contribution in [0, 0.1) is 0 Å². The number of hydrogen-bond acceptors (Lipinski definition) is 3. The Bertz CT molecular complexity index is 441. The van der Waals surface area contributed by atoms with E-state index in [-0.39, 0.29) is 5.69 Å². The zero-order valence-electron chi connectivity index (χ0n) is 5.93. The van der Waals surface area contributed by atoms with Crippen molar-refractivity contribution in [3.63, 3.8) is 0 Å². The van der Waals surface area contributed by atoms with Crippen LogP contribution < -0.4 is 5.69 Å². The molecule has 2 rings (SSSR count). The Kier molecular flexibility index (Phi) is 1.06. The van der Waals surface area contributed by atoms with Crippen LogP contribution in [-0.4, -0.2) is 19.2 Å². The largest absolute Gasteiger partial charge is 0.350 e. The average Bonchev–Trinajstić information content (AvgIpc) is 2.30. The predicted molar refractivity (Wildman–Crippen MR) is 38.2 cm³/mol. The summed E-state index contributed by atoms with van der Waals surface area (Å²) in [5.41, 5.74) is 0.419. The van der Waals surface area contributed by atoms with E-state index in [0.29, 0.717) is 5.65 Å². The fourth-order valence-electron chi connectivity index (χ4n) is 0.942. The van der Waals surface area contributed by atoms with E-state index in [1.165, 1.54) is 9.08 Å². The third kappa shape index (κ3) is 0.739. The van der Waals surface area contributed by atoms with Crippen molar-refractivity contribution in [2.45, 2.75) is 0 Å². The first-order chi connectivity index (χ1) is 5.29. The van der Waals surface area contributed by atoms with Crippen LogP contribution in [0.5, 0.6) is 0 Å². The van der Waals surface area contributed by atoms with Gasteiger partial charge in [-0.1, -0.05) is 0 Å². The normalized spacial score (nSPS) is 10.6. The molecule has 0 aliphatic rings. The Balaban J connectivity index is 3.04. The minimum atomic E-state index is -0.151. The van der Waals surface area contributed by atoms with Crippen molar-refractivity contribution in [3.8, 4) is 0 Å². The van der Waals surface area contributed by atoms with E-state index in [0.717, 1.165) is 0 Å². The van der Waals surface area contributed by atoms with Gasteiger partial charge in [0.25, 0.3) is 0 Å². The fourth-order valence-corrected chi connectivity index (χ4v) is 0.942. The van der Waals surface area contributed by atoms with E-state index in [1.54, 1.807) is 25.6 Å². The van der Waals surface area contributed by atoms with Gasteiger partial charge in [0.1, 0.15) is 0 Å².